The molecule has 0 saturated heterocycles. The van der Waals surface area contributed by atoms with E-state index in [4.69, 9.17) is 5.73 Å². The molecule has 2 N–H and O–H groups in total. The molecule has 14 heavy (non-hydrogen) atoms. The number of hydrogen-bond acceptors (Lipinski definition) is 3. The van der Waals surface area contributed by atoms with Crippen LogP contribution >= 0.6 is 0 Å². The van der Waals surface area contributed by atoms with Crippen LogP contribution < -0.4 is 11.3 Å². The van der Waals surface area contributed by atoms with E-state index in [1.165, 1.54) is 10.9 Å². The van der Waals surface area contributed by atoms with Crippen molar-refractivity contribution in [2.45, 2.75) is 20.4 Å². The molecule has 0 aromatic carbocycles. The van der Waals surface area contributed by atoms with Crippen molar-refractivity contribution in [1.82, 2.24) is 9.55 Å². The van der Waals surface area contributed by atoms with Gasteiger partial charge < -0.3 is 5.73 Å². The molecule has 76 valence electrons. The van der Waals surface area contributed by atoms with E-state index in [9.17, 15) is 4.79 Å². The lowest BCUT2D eigenvalue weighted by Gasteiger charge is -2.07. The van der Waals surface area contributed by atoms with E-state index in [1.807, 2.05) is 6.92 Å². The fraction of sp³-hybridized carbons (Fsp3) is 0.400. The predicted octanol–water partition coefficient (Wildman–Crippen LogP) is 0.375. The van der Waals surface area contributed by atoms with Gasteiger partial charge in [0.2, 0.25) is 0 Å². The molecule has 0 saturated carbocycles. The van der Waals surface area contributed by atoms with Gasteiger partial charge in [-0.3, -0.25) is 9.36 Å². The Morgan fingerprint density at radius 2 is 2.29 bits per heavy atom. The molecular weight excluding hydrogens is 178 g/mol. The van der Waals surface area contributed by atoms with Crippen molar-refractivity contribution in [3.63, 3.8) is 0 Å². The van der Waals surface area contributed by atoms with Gasteiger partial charge in [-0.2, -0.15) is 0 Å². The Labute approximate surface area is 83.1 Å². The van der Waals surface area contributed by atoms with Crippen LogP contribution in [0.3, 0.4) is 0 Å². The first-order valence-electron chi connectivity index (χ1n) is 4.45. The third-order valence-corrected chi connectivity index (χ3v) is 2.20. The molecule has 1 aromatic rings. The third-order valence-electron chi connectivity index (χ3n) is 2.20. The molecule has 4 nitrogen and oxygen atoms in total. The van der Waals surface area contributed by atoms with E-state index in [0.29, 0.717) is 18.7 Å². The molecule has 0 amide bonds. The molecule has 4 heteroatoms. The molecule has 0 unspecified atom stereocenters. The fourth-order valence-corrected chi connectivity index (χ4v) is 1.09. The van der Waals surface area contributed by atoms with E-state index < -0.39 is 0 Å². The molecule has 0 spiro atoms. The first-order valence-corrected chi connectivity index (χ1v) is 4.45. The van der Waals surface area contributed by atoms with Gasteiger partial charge in [-0.05, 0) is 19.4 Å². The summed E-state index contributed by atoms with van der Waals surface area (Å²) in [7, 11) is 0. The zero-order valence-electron chi connectivity index (χ0n) is 8.58. The highest BCUT2D eigenvalue weighted by molar-refractivity contribution is 5.13. The lowest BCUT2D eigenvalue weighted by Crippen LogP contribution is -2.25. The van der Waals surface area contributed by atoms with Crippen molar-refractivity contribution in [2.75, 3.05) is 6.54 Å². The van der Waals surface area contributed by atoms with Gasteiger partial charge in [-0.1, -0.05) is 6.58 Å². The molecule has 0 radical (unpaired) electrons. The zero-order chi connectivity index (χ0) is 10.7. The molecule has 1 rings (SSSR count). The zero-order valence-corrected chi connectivity index (χ0v) is 8.58. The van der Waals surface area contributed by atoms with Crippen molar-refractivity contribution in [3.05, 3.63) is 40.1 Å². The summed E-state index contributed by atoms with van der Waals surface area (Å²) in [6.07, 6.45) is 1.53. The minimum absolute atomic E-state index is 0.0212. The number of nitrogens with zero attached hydrogens (tertiary/aromatic N) is 2. The predicted molar refractivity (Wildman–Crippen MR) is 56.2 cm³/mol. The molecule has 0 aliphatic carbocycles. The molecule has 0 aliphatic rings. The highest BCUT2D eigenvalue weighted by Crippen LogP contribution is 1.97. The summed E-state index contributed by atoms with van der Waals surface area (Å²) in [5, 5.41) is 0. The SMILES string of the molecule is C=C(CN)Cn1cnc(C)c(C)c1=O. The second-order valence-corrected chi connectivity index (χ2v) is 3.34. The molecular formula is C10H15N3O. The maximum atomic E-state index is 11.7. The van der Waals surface area contributed by atoms with Crippen LogP contribution in [0.25, 0.3) is 0 Å². The average molecular weight is 193 g/mol. The van der Waals surface area contributed by atoms with Crippen LogP contribution in [0.2, 0.25) is 0 Å². The largest absolute Gasteiger partial charge is 0.327 e. The Morgan fingerprint density at radius 3 is 2.86 bits per heavy atom. The summed E-state index contributed by atoms with van der Waals surface area (Å²) in [6, 6.07) is 0. The van der Waals surface area contributed by atoms with Crippen molar-refractivity contribution < 1.29 is 0 Å². The Hall–Kier alpha value is -1.42. The molecule has 0 aliphatic heterocycles. The van der Waals surface area contributed by atoms with E-state index in [-0.39, 0.29) is 5.56 Å². The van der Waals surface area contributed by atoms with Crippen molar-refractivity contribution in [1.29, 1.82) is 0 Å². The van der Waals surface area contributed by atoms with Crippen LogP contribution in [0.4, 0.5) is 0 Å². The van der Waals surface area contributed by atoms with Gasteiger partial charge in [0, 0.05) is 24.3 Å². The second kappa shape index (κ2) is 4.19. The van der Waals surface area contributed by atoms with Crippen LogP contribution in [0, 0.1) is 13.8 Å². The normalized spacial score (nSPS) is 10.2. The van der Waals surface area contributed by atoms with Crippen molar-refractivity contribution in [3.8, 4) is 0 Å². The van der Waals surface area contributed by atoms with Gasteiger partial charge in [0.05, 0.1) is 6.33 Å². The smallest absolute Gasteiger partial charge is 0.256 e. The van der Waals surface area contributed by atoms with E-state index >= 15 is 0 Å². The lowest BCUT2D eigenvalue weighted by molar-refractivity contribution is 0.703. The summed E-state index contributed by atoms with van der Waals surface area (Å²) in [5.74, 6) is 0. The first kappa shape index (κ1) is 10.7. The van der Waals surface area contributed by atoms with Gasteiger partial charge in [-0.15, -0.1) is 0 Å². The van der Waals surface area contributed by atoms with E-state index in [1.54, 1.807) is 6.92 Å². The van der Waals surface area contributed by atoms with Gasteiger partial charge in [0.25, 0.3) is 5.56 Å². The monoisotopic (exact) mass is 193 g/mol. The van der Waals surface area contributed by atoms with Gasteiger partial charge >= 0.3 is 0 Å². The summed E-state index contributed by atoms with van der Waals surface area (Å²) >= 11 is 0. The summed E-state index contributed by atoms with van der Waals surface area (Å²) in [4.78, 5) is 15.8. The molecule has 0 fully saturated rings. The quantitative estimate of drug-likeness (QED) is 0.706. The molecule has 1 heterocycles. The molecule has 1 aromatic heterocycles. The minimum Gasteiger partial charge on any atom is -0.327 e. The Bertz CT molecular complexity index is 406. The molecule has 0 bridgehead atoms. The Morgan fingerprint density at radius 1 is 1.64 bits per heavy atom. The maximum Gasteiger partial charge on any atom is 0.256 e. The van der Waals surface area contributed by atoms with Gasteiger partial charge in [0.15, 0.2) is 0 Å². The lowest BCUT2D eigenvalue weighted by atomic mass is 10.2. The summed E-state index contributed by atoms with van der Waals surface area (Å²) in [5.41, 5.74) is 7.64. The average Bonchev–Trinajstić information content (AvgIpc) is 2.19. The summed E-state index contributed by atoms with van der Waals surface area (Å²) in [6.45, 7) is 8.17. The number of hydrogen-bond donors (Lipinski definition) is 1. The third kappa shape index (κ3) is 2.09. The standard InChI is InChI=1S/C10H15N3O/c1-7(4-11)5-13-6-12-9(3)8(2)10(13)14/h6H,1,4-5,11H2,2-3H3. The van der Waals surface area contributed by atoms with Crippen molar-refractivity contribution >= 4 is 0 Å². The summed E-state index contributed by atoms with van der Waals surface area (Å²) < 4.78 is 1.53. The second-order valence-electron chi connectivity index (χ2n) is 3.34. The topological polar surface area (TPSA) is 60.9 Å². The Kier molecular flexibility index (Phi) is 3.19. The highest BCUT2D eigenvalue weighted by atomic mass is 16.1. The Balaban J connectivity index is 3.06. The van der Waals surface area contributed by atoms with Crippen LogP contribution in [0.5, 0.6) is 0 Å². The van der Waals surface area contributed by atoms with Crippen LogP contribution in [-0.2, 0) is 6.54 Å². The number of rotatable bonds is 3. The number of aromatic nitrogens is 2. The van der Waals surface area contributed by atoms with E-state index in [2.05, 4.69) is 11.6 Å². The van der Waals surface area contributed by atoms with Gasteiger partial charge in [0.1, 0.15) is 0 Å². The first-order chi connectivity index (χ1) is 6.56. The van der Waals surface area contributed by atoms with Crippen LogP contribution in [0.1, 0.15) is 11.3 Å². The van der Waals surface area contributed by atoms with Crippen LogP contribution in [-0.4, -0.2) is 16.1 Å². The highest BCUT2D eigenvalue weighted by Gasteiger charge is 2.03. The van der Waals surface area contributed by atoms with Crippen LogP contribution in [0.15, 0.2) is 23.3 Å². The number of aryl methyl sites for hydroxylation is 1. The van der Waals surface area contributed by atoms with Crippen molar-refractivity contribution in [2.24, 2.45) is 5.73 Å². The maximum absolute atomic E-state index is 11.7. The minimum atomic E-state index is -0.0212. The number of nitrogens with two attached hydrogens (primary N) is 1. The van der Waals surface area contributed by atoms with Gasteiger partial charge in [-0.25, -0.2) is 4.98 Å². The fourth-order valence-electron chi connectivity index (χ4n) is 1.09. The van der Waals surface area contributed by atoms with E-state index in [0.717, 1.165) is 11.3 Å². The molecule has 0 atom stereocenters.